The average molecular weight is 309 g/mol. The molecule has 1 aromatic heterocycles. The third kappa shape index (κ3) is 2.19. The van der Waals surface area contributed by atoms with Crippen molar-refractivity contribution in [3.63, 3.8) is 0 Å². The summed E-state index contributed by atoms with van der Waals surface area (Å²) in [6.07, 6.45) is 3.38. The predicted molar refractivity (Wildman–Crippen MR) is 75.9 cm³/mol. The van der Waals surface area contributed by atoms with Crippen molar-refractivity contribution in [1.29, 1.82) is 0 Å². The highest BCUT2D eigenvalue weighted by atomic mass is 79.9. The lowest BCUT2D eigenvalue weighted by molar-refractivity contribution is 0.387. The number of halogens is 1. The van der Waals surface area contributed by atoms with Crippen LogP contribution in [0.5, 0.6) is 0 Å². The molecule has 1 unspecified atom stereocenters. The van der Waals surface area contributed by atoms with E-state index >= 15 is 0 Å². The molecule has 0 radical (unpaired) electrons. The van der Waals surface area contributed by atoms with Gasteiger partial charge in [0.05, 0.1) is 4.47 Å². The van der Waals surface area contributed by atoms with Crippen molar-refractivity contribution in [2.75, 3.05) is 13.1 Å². The van der Waals surface area contributed by atoms with Gasteiger partial charge in [0, 0.05) is 12.5 Å². The SMILES string of the molecule is CCc1cc(Br)c2oc(C3CCCNC3)nc2c1. The third-order valence-electron chi connectivity index (χ3n) is 3.58. The molecule has 1 aromatic carbocycles. The van der Waals surface area contributed by atoms with Gasteiger partial charge in [-0.25, -0.2) is 4.98 Å². The topological polar surface area (TPSA) is 38.1 Å². The Bertz CT molecular complexity index is 558. The van der Waals surface area contributed by atoms with E-state index in [1.807, 2.05) is 0 Å². The summed E-state index contributed by atoms with van der Waals surface area (Å²) in [6, 6.07) is 4.25. The molecule has 2 heterocycles. The monoisotopic (exact) mass is 308 g/mol. The molecule has 1 N–H and O–H groups in total. The second-order valence-corrected chi connectivity index (χ2v) is 5.73. The second-order valence-electron chi connectivity index (χ2n) is 4.87. The fourth-order valence-electron chi connectivity index (χ4n) is 2.51. The first-order valence-electron chi connectivity index (χ1n) is 6.57. The summed E-state index contributed by atoms with van der Waals surface area (Å²) in [5.74, 6) is 1.30. The Kier molecular flexibility index (Phi) is 3.39. The standard InChI is InChI=1S/C14H17BrN2O/c1-2-9-6-11(15)13-12(7-9)17-14(18-13)10-4-3-5-16-8-10/h6-7,10,16H,2-5,8H2,1H3. The molecule has 0 spiro atoms. The second kappa shape index (κ2) is 5.02. The average Bonchev–Trinajstić information content (AvgIpc) is 2.84. The molecule has 1 fully saturated rings. The lowest BCUT2D eigenvalue weighted by atomic mass is 10.00. The molecule has 1 aliphatic heterocycles. The Labute approximate surface area is 115 Å². The van der Waals surface area contributed by atoms with Gasteiger partial charge >= 0.3 is 0 Å². The number of aryl methyl sites for hydroxylation is 1. The molecule has 18 heavy (non-hydrogen) atoms. The molecule has 0 bridgehead atoms. The van der Waals surface area contributed by atoms with E-state index in [9.17, 15) is 0 Å². The number of oxazole rings is 1. The first kappa shape index (κ1) is 12.2. The van der Waals surface area contributed by atoms with Gasteiger partial charge < -0.3 is 9.73 Å². The van der Waals surface area contributed by atoms with Gasteiger partial charge in [0.1, 0.15) is 5.52 Å². The van der Waals surface area contributed by atoms with Gasteiger partial charge in [0.25, 0.3) is 0 Å². The van der Waals surface area contributed by atoms with E-state index in [0.717, 1.165) is 47.4 Å². The van der Waals surface area contributed by atoms with Crippen LogP contribution in [0.15, 0.2) is 21.0 Å². The molecule has 0 aliphatic carbocycles. The fourth-order valence-corrected chi connectivity index (χ4v) is 3.08. The van der Waals surface area contributed by atoms with Gasteiger partial charge in [-0.3, -0.25) is 0 Å². The minimum absolute atomic E-state index is 0.420. The lowest BCUT2D eigenvalue weighted by Gasteiger charge is -2.19. The van der Waals surface area contributed by atoms with Crippen LogP contribution >= 0.6 is 15.9 Å². The molecule has 1 atom stereocenters. The minimum atomic E-state index is 0.420. The molecule has 3 rings (SSSR count). The van der Waals surface area contributed by atoms with Crippen molar-refractivity contribution < 1.29 is 4.42 Å². The maximum atomic E-state index is 5.94. The first-order valence-corrected chi connectivity index (χ1v) is 7.37. The van der Waals surface area contributed by atoms with Crippen LogP contribution < -0.4 is 5.32 Å². The van der Waals surface area contributed by atoms with Crippen LogP contribution in [0.2, 0.25) is 0 Å². The molecular formula is C14H17BrN2O. The maximum Gasteiger partial charge on any atom is 0.199 e. The smallest absolute Gasteiger partial charge is 0.199 e. The summed E-state index contributed by atoms with van der Waals surface area (Å²) >= 11 is 3.58. The van der Waals surface area contributed by atoms with Crippen LogP contribution in [-0.2, 0) is 6.42 Å². The van der Waals surface area contributed by atoms with Gasteiger partial charge in [-0.1, -0.05) is 6.92 Å². The third-order valence-corrected chi connectivity index (χ3v) is 4.16. The molecule has 1 aliphatic rings. The summed E-state index contributed by atoms with van der Waals surface area (Å²) < 4.78 is 6.95. The highest BCUT2D eigenvalue weighted by molar-refractivity contribution is 9.10. The van der Waals surface area contributed by atoms with Gasteiger partial charge in [-0.15, -0.1) is 0 Å². The zero-order valence-electron chi connectivity index (χ0n) is 10.5. The van der Waals surface area contributed by atoms with E-state index in [-0.39, 0.29) is 0 Å². The van der Waals surface area contributed by atoms with Crippen LogP contribution in [0.3, 0.4) is 0 Å². The van der Waals surface area contributed by atoms with E-state index in [1.54, 1.807) is 0 Å². The predicted octanol–water partition coefficient (Wildman–Crippen LogP) is 3.62. The number of nitrogens with one attached hydrogen (secondary N) is 1. The fraction of sp³-hybridized carbons (Fsp3) is 0.500. The Morgan fingerprint density at radius 3 is 3.11 bits per heavy atom. The normalized spacial score (nSPS) is 20.4. The number of benzene rings is 1. The quantitative estimate of drug-likeness (QED) is 0.921. The van der Waals surface area contributed by atoms with Gasteiger partial charge in [-0.2, -0.15) is 0 Å². The number of fused-ring (bicyclic) bond motifs is 1. The molecule has 1 saturated heterocycles. The van der Waals surface area contributed by atoms with E-state index in [4.69, 9.17) is 4.42 Å². The summed E-state index contributed by atoms with van der Waals surface area (Å²) in [6.45, 7) is 4.24. The maximum absolute atomic E-state index is 5.94. The highest BCUT2D eigenvalue weighted by Gasteiger charge is 2.21. The van der Waals surface area contributed by atoms with E-state index in [1.165, 1.54) is 12.0 Å². The number of piperidine rings is 1. The van der Waals surface area contributed by atoms with Crippen molar-refractivity contribution in [1.82, 2.24) is 10.3 Å². The largest absolute Gasteiger partial charge is 0.439 e. The number of nitrogens with zero attached hydrogens (tertiary/aromatic N) is 1. The summed E-state index contributed by atoms with van der Waals surface area (Å²) in [4.78, 5) is 4.67. The van der Waals surface area contributed by atoms with Crippen molar-refractivity contribution in [3.05, 3.63) is 28.1 Å². The van der Waals surface area contributed by atoms with Crippen molar-refractivity contribution in [2.24, 2.45) is 0 Å². The Balaban J connectivity index is 2.01. The Hall–Kier alpha value is -0.870. The number of hydrogen-bond acceptors (Lipinski definition) is 3. The zero-order chi connectivity index (χ0) is 12.5. The molecule has 96 valence electrons. The van der Waals surface area contributed by atoms with Crippen molar-refractivity contribution in [2.45, 2.75) is 32.1 Å². The molecule has 0 saturated carbocycles. The van der Waals surface area contributed by atoms with Crippen LogP contribution in [0.25, 0.3) is 11.1 Å². The molecule has 4 heteroatoms. The summed E-state index contributed by atoms with van der Waals surface area (Å²) in [7, 11) is 0. The summed E-state index contributed by atoms with van der Waals surface area (Å²) in [5.41, 5.74) is 3.14. The van der Waals surface area contributed by atoms with Crippen LogP contribution in [0.1, 0.15) is 37.1 Å². The highest BCUT2D eigenvalue weighted by Crippen LogP contribution is 2.31. The lowest BCUT2D eigenvalue weighted by Crippen LogP contribution is -2.28. The van der Waals surface area contributed by atoms with Gasteiger partial charge in [-0.05, 0) is 59.4 Å². The first-order chi connectivity index (χ1) is 8.78. The Morgan fingerprint density at radius 2 is 2.39 bits per heavy atom. The van der Waals surface area contributed by atoms with E-state index in [2.05, 4.69) is 45.3 Å². The number of aromatic nitrogens is 1. The number of hydrogen-bond donors (Lipinski definition) is 1. The summed E-state index contributed by atoms with van der Waals surface area (Å²) in [5, 5.41) is 3.40. The van der Waals surface area contributed by atoms with E-state index in [0.29, 0.717) is 5.92 Å². The van der Waals surface area contributed by atoms with Crippen molar-refractivity contribution in [3.8, 4) is 0 Å². The zero-order valence-corrected chi connectivity index (χ0v) is 12.1. The van der Waals surface area contributed by atoms with Gasteiger partial charge in [0.15, 0.2) is 11.5 Å². The van der Waals surface area contributed by atoms with Crippen molar-refractivity contribution >= 4 is 27.0 Å². The van der Waals surface area contributed by atoms with Gasteiger partial charge in [0.2, 0.25) is 0 Å². The van der Waals surface area contributed by atoms with E-state index < -0.39 is 0 Å². The molecular weight excluding hydrogens is 292 g/mol. The van der Waals surface area contributed by atoms with Crippen LogP contribution in [0.4, 0.5) is 0 Å². The Morgan fingerprint density at radius 1 is 1.50 bits per heavy atom. The molecule has 2 aromatic rings. The van der Waals surface area contributed by atoms with Crippen LogP contribution in [0, 0.1) is 0 Å². The minimum Gasteiger partial charge on any atom is -0.439 e. The van der Waals surface area contributed by atoms with Crippen LogP contribution in [-0.4, -0.2) is 18.1 Å². The molecule has 0 amide bonds. The molecule has 3 nitrogen and oxygen atoms in total. The number of rotatable bonds is 2.